The van der Waals surface area contributed by atoms with Crippen LogP contribution in [0.3, 0.4) is 0 Å². The van der Waals surface area contributed by atoms with Crippen LogP contribution in [0.2, 0.25) is 0 Å². The van der Waals surface area contributed by atoms with Crippen molar-refractivity contribution in [3.8, 4) is 5.75 Å². The van der Waals surface area contributed by atoms with Gasteiger partial charge in [0.1, 0.15) is 16.8 Å². The zero-order valence-corrected chi connectivity index (χ0v) is 15.7. The molecule has 1 aromatic heterocycles. The number of allylic oxidation sites excluding steroid dienone is 1. The first-order valence-corrected chi connectivity index (χ1v) is 9.46. The van der Waals surface area contributed by atoms with Crippen LogP contribution >= 0.6 is 0 Å². The minimum atomic E-state index is -1.36. The van der Waals surface area contributed by atoms with Gasteiger partial charge in [0.05, 0.1) is 11.5 Å². The lowest BCUT2D eigenvalue weighted by Crippen LogP contribution is -2.40. The SMILES string of the molecule is CN1COc2c(N3CC4CC=CC(O)C4C3)c(F)cc3c(=O)c(C(=O)O)cn1c23. The van der Waals surface area contributed by atoms with Gasteiger partial charge >= 0.3 is 5.97 Å². The third-order valence-electron chi connectivity index (χ3n) is 6.16. The van der Waals surface area contributed by atoms with Crippen LogP contribution in [0.1, 0.15) is 16.8 Å². The molecule has 2 aromatic rings. The highest BCUT2D eigenvalue weighted by molar-refractivity contribution is 5.97. The van der Waals surface area contributed by atoms with Gasteiger partial charge in [0.15, 0.2) is 18.3 Å². The third-order valence-corrected chi connectivity index (χ3v) is 6.16. The Morgan fingerprint density at radius 3 is 2.86 bits per heavy atom. The van der Waals surface area contributed by atoms with E-state index < -0.39 is 28.9 Å². The van der Waals surface area contributed by atoms with Gasteiger partial charge in [-0.05, 0) is 18.4 Å². The van der Waals surface area contributed by atoms with Gasteiger partial charge in [-0.15, -0.1) is 0 Å². The Kier molecular flexibility index (Phi) is 3.86. The number of aliphatic hydroxyl groups excluding tert-OH is 1. The number of fused-ring (bicyclic) bond motifs is 1. The maximum Gasteiger partial charge on any atom is 0.341 e. The second kappa shape index (κ2) is 6.21. The fraction of sp³-hybridized carbons (Fsp3) is 0.400. The molecule has 0 spiro atoms. The molecule has 3 atom stereocenters. The summed E-state index contributed by atoms with van der Waals surface area (Å²) in [6.07, 6.45) is 5.23. The molecule has 5 rings (SSSR count). The number of aromatic nitrogens is 1. The summed E-state index contributed by atoms with van der Waals surface area (Å²) in [4.78, 5) is 26.0. The van der Waals surface area contributed by atoms with Crippen LogP contribution in [0.4, 0.5) is 10.1 Å². The van der Waals surface area contributed by atoms with Crippen molar-refractivity contribution >= 4 is 22.6 Å². The summed E-state index contributed by atoms with van der Waals surface area (Å²) in [6, 6.07) is 1.10. The summed E-state index contributed by atoms with van der Waals surface area (Å²) >= 11 is 0. The molecule has 1 fully saturated rings. The average molecular weight is 401 g/mol. The Hall–Kier alpha value is -3.07. The summed E-state index contributed by atoms with van der Waals surface area (Å²) in [6.45, 7) is 1.12. The Balaban J connectivity index is 1.71. The number of pyridine rings is 1. The highest BCUT2D eigenvalue weighted by atomic mass is 19.1. The van der Waals surface area contributed by atoms with E-state index >= 15 is 4.39 Å². The van der Waals surface area contributed by atoms with Gasteiger partial charge in [-0.25, -0.2) is 9.18 Å². The monoisotopic (exact) mass is 401 g/mol. The van der Waals surface area contributed by atoms with Crippen molar-refractivity contribution in [3.05, 3.63) is 46.0 Å². The number of hydrogen-bond donors (Lipinski definition) is 2. The Bertz CT molecular complexity index is 1130. The van der Waals surface area contributed by atoms with E-state index in [4.69, 9.17) is 4.74 Å². The van der Waals surface area contributed by atoms with Crippen LogP contribution in [0.15, 0.2) is 29.2 Å². The second-order valence-electron chi connectivity index (χ2n) is 7.87. The van der Waals surface area contributed by atoms with Gasteiger partial charge in [-0.2, -0.15) is 0 Å². The number of nitrogens with zero attached hydrogens (tertiary/aromatic N) is 3. The minimum absolute atomic E-state index is 0.00476. The highest BCUT2D eigenvalue weighted by Crippen LogP contribution is 2.44. The van der Waals surface area contributed by atoms with E-state index in [9.17, 15) is 19.8 Å². The number of aromatic carboxylic acids is 1. The molecule has 8 nitrogen and oxygen atoms in total. The predicted molar refractivity (Wildman–Crippen MR) is 104 cm³/mol. The molecule has 152 valence electrons. The summed E-state index contributed by atoms with van der Waals surface area (Å²) in [5.41, 5.74) is -0.572. The van der Waals surface area contributed by atoms with Gasteiger partial charge in [-0.1, -0.05) is 12.2 Å². The van der Waals surface area contributed by atoms with Gasteiger partial charge in [0.25, 0.3) is 0 Å². The summed E-state index contributed by atoms with van der Waals surface area (Å²) in [5.74, 6) is -1.56. The molecule has 1 aromatic carbocycles. The number of rotatable bonds is 2. The van der Waals surface area contributed by atoms with Crippen molar-refractivity contribution < 1.29 is 24.1 Å². The molecule has 3 unspecified atom stereocenters. The summed E-state index contributed by atoms with van der Waals surface area (Å²) in [5, 5.41) is 21.2. The van der Waals surface area contributed by atoms with Gasteiger partial charge in [0.2, 0.25) is 5.43 Å². The molecule has 1 saturated heterocycles. The zero-order valence-electron chi connectivity index (χ0n) is 15.7. The van der Waals surface area contributed by atoms with E-state index in [0.29, 0.717) is 18.6 Å². The summed E-state index contributed by atoms with van der Waals surface area (Å²) in [7, 11) is 1.69. The van der Waals surface area contributed by atoms with Crippen molar-refractivity contribution in [1.82, 2.24) is 4.68 Å². The van der Waals surface area contributed by atoms with Gasteiger partial charge in [0, 0.05) is 32.3 Å². The first-order valence-electron chi connectivity index (χ1n) is 9.46. The Morgan fingerprint density at radius 1 is 1.34 bits per heavy atom. The highest BCUT2D eigenvalue weighted by Gasteiger charge is 2.40. The largest absolute Gasteiger partial charge is 0.477 e. The molecule has 3 aliphatic rings. The van der Waals surface area contributed by atoms with Crippen molar-refractivity contribution in [3.63, 3.8) is 0 Å². The first-order chi connectivity index (χ1) is 13.9. The average Bonchev–Trinajstić information content (AvgIpc) is 3.10. The number of halogens is 1. The van der Waals surface area contributed by atoms with E-state index in [1.807, 2.05) is 11.0 Å². The molecule has 29 heavy (non-hydrogen) atoms. The van der Waals surface area contributed by atoms with Crippen molar-refractivity contribution in [2.45, 2.75) is 12.5 Å². The van der Waals surface area contributed by atoms with E-state index in [0.717, 1.165) is 12.5 Å². The number of carbonyl (C=O) groups is 1. The molecular weight excluding hydrogens is 381 g/mol. The Labute approximate surface area is 165 Å². The number of aliphatic hydroxyl groups is 1. The number of carboxylic acid groups (broad SMARTS) is 1. The van der Waals surface area contributed by atoms with Crippen LogP contribution < -0.4 is 20.1 Å². The zero-order chi connectivity index (χ0) is 20.4. The van der Waals surface area contributed by atoms with Crippen molar-refractivity contribution in [2.75, 3.05) is 36.8 Å². The first kappa shape index (κ1) is 18.0. The molecular formula is C20H20FN3O5. The Morgan fingerprint density at radius 2 is 2.14 bits per heavy atom. The quantitative estimate of drug-likeness (QED) is 0.729. The molecule has 9 heteroatoms. The van der Waals surface area contributed by atoms with E-state index in [1.165, 1.54) is 10.9 Å². The van der Waals surface area contributed by atoms with Crippen LogP contribution in [0.25, 0.3) is 10.9 Å². The summed E-state index contributed by atoms with van der Waals surface area (Å²) < 4.78 is 22.6. The molecule has 2 N–H and O–H groups in total. The van der Waals surface area contributed by atoms with E-state index in [1.54, 1.807) is 18.1 Å². The molecule has 3 heterocycles. The van der Waals surface area contributed by atoms with Crippen LogP contribution in [0.5, 0.6) is 5.75 Å². The molecule has 2 aliphatic heterocycles. The predicted octanol–water partition coefficient (Wildman–Crippen LogP) is 1.13. The van der Waals surface area contributed by atoms with Crippen LogP contribution in [0, 0.1) is 17.7 Å². The smallest absolute Gasteiger partial charge is 0.341 e. The molecule has 0 saturated carbocycles. The molecule has 0 radical (unpaired) electrons. The maximum atomic E-state index is 15.3. The standard InChI is InChI=1S/C20H20FN3O5/c1-22-9-29-19-16-11(18(26)13(20(27)28)8-24(16)22)5-14(21)17(19)23-6-10-3-2-4-15(25)12(10)7-23/h2,4-5,8,10,12,15,25H,3,6-7,9H2,1H3,(H,27,28). The topological polar surface area (TPSA) is 95.2 Å². The number of benzene rings is 1. The minimum Gasteiger partial charge on any atom is -0.477 e. The number of ether oxygens (including phenoxy) is 1. The number of hydrogen-bond acceptors (Lipinski definition) is 6. The van der Waals surface area contributed by atoms with Crippen molar-refractivity contribution in [1.29, 1.82) is 0 Å². The third kappa shape index (κ3) is 2.53. The fourth-order valence-electron chi connectivity index (χ4n) is 4.72. The van der Waals surface area contributed by atoms with Crippen molar-refractivity contribution in [2.24, 2.45) is 11.8 Å². The van der Waals surface area contributed by atoms with Crippen LogP contribution in [-0.2, 0) is 0 Å². The van der Waals surface area contributed by atoms with E-state index in [2.05, 4.69) is 0 Å². The molecule has 0 amide bonds. The van der Waals surface area contributed by atoms with E-state index in [-0.39, 0.29) is 35.4 Å². The van der Waals surface area contributed by atoms with Gasteiger partial charge in [-0.3, -0.25) is 14.5 Å². The maximum absolute atomic E-state index is 15.3. The lowest BCUT2D eigenvalue weighted by atomic mass is 9.84. The lowest BCUT2D eigenvalue weighted by Gasteiger charge is -2.33. The molecule has 1 aliphatic carbocycles. The number of carboxylic acids is 1. The molecule has 0 bridgehead atoms. The van der Waals surface area contributed by atoms with Crippen LogP contribution in [-0.4, -0.2) is 53.8 Å². The van der Waals surface area contributed by atoms with Gasteiger partial charge < -0.3 is 19.8 Å². The fourth-order valence-corrected chi connectivity index (χ4v) is 4.72. The second-order valence-corrected chi connectivity index (χ2v) is 7.87. The lowest BCUT2D eigenvalue weighted by molar-refractivity contribution is 0.0694. The number of anilines is 1. The normalized spacial score (nSPS) is 25.3.